The van der Waals surface area contributed by atoms with Gasteiger partial charge in [-0.3, -0.25) is 14.5 Å². The average Bonchev–Trinajstić information content (AvgIpc) is 2.56. The maximum atomic E-state index is 12.1. The van der Waals surface area contributed by atoms with Crippen molar-refractivity contribution in [1.29, 1.82) is 0 Å². The monoisotopic (exact) mass is 339 g/mol. The molecule has 0 aromatic carbocycles. The molecule has 2 rings (SSSR count). The minimum Gasteiger partial charge on any atom is -0.502 e. The number of ether oxygens (including phenoxy) is 2. The molecule has 2 heterocycles. The van der Waals surface area contributed by atoms with Gasteiger partial charge in [-0.25, -0.2) is 0 Å². The molecule has 0 radical (unpaired) electrons. The maximum absolute atomic E-state index is 12.1. The van der Waals surface area contributed by atoms with Crippen molar-refractivity contribution in [2.75, 3.05) is 33.4 Å². The second kappa shape index (κ2) is 8.30. The van der Waals surface area contributed by atoms with Crippen LogP contribution in [0.2, 0.25) is 0 Å². The molecule has 1 atom stereocenters. The van der Waals surface area contributed by atoms with E-state index in [0.717, 1.165) is 13.1 Å². The summed E-state index contributed by atoms with van der Waals surface area (Å²) in [5.74, 6) is -0.624. The molecule has 7 nitrogen and oxygen atoms in total. The number of esters is 1. The van der Waals surface area contributed by atoms with Gasteiger partial charge < -0.3 is 19.0 Å². The highest BCUT2D eigenvalue weighted by atomic mass is 16.5. The lowest BCUT2D eigenvalue weighted by Crippen LogP contribution is -2.35. The first kappa shape index (κ1) is 18.5. The van der Waals surface area contributed by atoms with Crippen molar-refractivity contribution in [3.05, 3.63) is 27.8 Å². The Morgan fingerprint density at radius 3 is 2.62 bits per heavy atom. The van der Waals surface area contributed by atoms with Gasteiger partial charge in [-0.1, -0.05) is 13.8 Å². The van der Waals surface area contributed by atoms with Gasteiger partial charge in [0.05, 0.1) is 33.3 Å². The standard InChI is InChI=1S/C17H25NO6/c1-11(2)13(9-15(20)22-3)17-16(21)14(19)8-12(24-17)10-18-4-6-23-7-5-18/h8,11,13,21H,4-7,9-10H2,1-3H3/t13-/m1/s1. The summed E-state index contributed by atoms with van der Waals surface area (Å²) < 4.78 is 15.8. The van der Waals surface area contributed by atoms with Crippen LogP contribution >= 0.6 is 0 Å². The minimum atomic E-state index is -0.491. The molecule has 0 spiro atoms. The predicted octanol–water partition coefficient (Wildman–Crippen LogP) is 1.48. The van der Waals surface area contributed by atoms with E-state index < -0.39 is 23.1 Å². The molecule has 0 bridgehead atoms. The summed E-state index contributed by atoms with van der Waals surface area (Å²) >= 11 is 0. The van der Waals surface area contributed by atoms with Gasteiger partial charge >= 0.3 is 5.97 Å². The van der Waals surface area contributed by atoms with Crippen LogP contribution in [0.5, 0.6) is 5.75 Å². The number of hydrogen-bond donors (Lipinski definition) is 1. The Morgan fingerprint density at radius 2 is 2.04 bits per heavy atom. The number of aromatic hydroxyl groups is 1. The number of nitrogens with zero attached hydrogens (tertiary/aromatic N) is 1. The fourth-order valence-electron chi connectivity index (χ4n) is 2.76. The van der Waals surface area contributed by atoms with Crippen molar-refractivity contribution in [2.45, 2.75) is 32.7 Å². The molecule has 134 valence electrons. The summed E-state index contributed by atoms with van der Waals surface area (Å²) in [4.78, 5) is 25.9. The molecule has 0 amide bonds. The lowest BCUT2D eigenvalue weighted by atomic mass is 9.89. The van der Waals surface area contributed by atoms with E-state index >= 15 is 0 Å². The van der Waals surface area contributed by atoms with E-state index in [2.05, 4.69) is 4.90 Å². The molecule has 7 heteroatoms. The lowest BCUT2D eigenvalue weighted by molar-refractivity contribution is -0.141. The molecule has 0 unspecified atom stereocenters. The largest absolute Gasteiger partial charge is 0.502 e. The SMILES string of the molecule is COC(=O)C[C@@H](c1oc(CN2CCOCC2)cc(=O)c1O)C(C)C. The Morgan fingerprint density at radius 1 is 1.38 bits per heavy atom. The maximum Gasteiger partial charge on any atom is 0.306 e. The van der Waals surface area contributed by atoms with Crippen LogP contribution in [-0.2, 0) is 20.8 Å². The van der Waals surface area contributed by atoms with Gasteiger partial charge in [-0.15, -0.1) is 0 Å². The Labute approximate surface area is 141 Å². The normalized spacial score (nSPS) is 17.0. The van der Waals surface area contributed by atoms with Gasteiger partial charge in [-0.05, 0) is 5.92 Å². The van der Waals surface area contributed by atoms with E-state index in [4.69, 9.17) is 13.9 Å². The van der Waals surface area contributed by atoms with Crippen LogP contribution in [0.4, 0.5) is 0 Å². The zero-order valence-corrected chi connectivity index (χ0v) is 14.4. The fourth-order valence-corrected chi connectivity index (χ4v) is 2.76. The minimum absolute atomic E-state index is 0.00298. The zero-order valence-electron chi connectivity index (χ0n) is 14.4. The summed E-state index contributed by atoms with van der Waals surface area (Å²) in [6.45, 7) is 7.09. The Hall–Kier alpha value is -1.86. The van der Waals surface area contributed by atoms with Crippen molar-refractivity contribution in [3.63, 3.8) is 0 Å². The summed E-state index contributed by atoms with van der Waals surface area (Å²) in [5, 5.41) is 10.1. The molecule has 1 aliphatic heterocycles. The zero-order chi connectivity index (χ0) is 17.7. The topological polar surface area (TPSA) is 89.2 Å². The van der Waals surface area contributed by atoms with Crippen LogP contribution in [-0.4, -0.2) is 49.4 Å². The van der Waals surface area contributed by atoms with Crippen LogP contribution in [0.15, 0.2) is 15.3 Å². The van der Waals surface area contributed by atoms with Crippen molar-refractivity contribution in [3.8, 4) is 5.75 Å². The van der Waals surface area contributed by atoms with Gasteiger partial charge in [0, 0.05) is 25.1 Å². The van der Waals surface area contributed by atoms with Gasteiger partial charge in [0.2, 0.25) is 11.2 Å². The third-order valence-electron chi connectivity index (χ3n) is 4.24. The third-order valence-corrected chi connectivity index (χ3v) is 4.24. The lowest BCUT2D eigenvalue weighted by Gasteiger charge is -2.26. The molecule has 24 heavy (non-hydrogen) atoms. The Bertz CT molecular complexity index is 618. The van der Waals surface area contributed by atoms with Crippen molar-refractivity contribution < 1.29 is 23.8 Å². The fraction of sp³-hybridized carbons (Fsp3) is 0.647. The predicted molar refractivity (Wildman–Crippen MR) is 87.0 cm³/mol. The molecule has 1 fully saturated rings. The smallest absolute Gasteiger partial charge is 0.306 e. The quantitative estimate of drug-likeness (QED) is 0.785. The van der Waals surface area contributed by atoms with Gasteiger partial charge in [-0.2, -0.15) is 0 Å². The molecule has 1 N–H and O–H groups in total. The average molecular weight is 339 g/mol. The van der Waals surface area contributed by atoms with Crippen molar-refractivity contribution in [1.82, 2.24) is 4.90 Å². The Balaban J connectivity index is 2.29. The van der Waals surface area contributed by atoms with E-state index in [-0.39, 0.29) is 18.1 Å². The van der Waals surface area contributed by atoms with Crippen LogP contribution < -0.4 is 5.43 Å². The van der Waals surface area contributed by atoms with Crippen LogP contribution in [0, 0.1) is 5.92 Å². The summed E-state index contributed by atoms with van der Waals surface area (Å²) in [6, 6.07) is 1.31. The number of methoxy groups -OCH3 is 1. The van der Waals surface area contributed by atoms with E-state index in [1.807, 2.05) is 13.8 Å². The molecule has 1 aliphatic rings. The van der Waals surface area contributed by atoms with E-state index in [0.29, 0.717) is 25.5 Å². The third kappa shape index (κ3) is 4.58. The van der Waals surface area contributed by atoms with Gasteiger partial charge in [0.15, 0.2) is 5.76 Å². The summed E-state index contributed by atoms with van der Waals surface area (Å²) in [5.41, 5.74) is -0.491. The second-order valence-electron chi connectivity index (χ2n) is 6.31. The molecule has 1 saturated heterocycles. The molecule has 1 aromatic heterocycles. The number of morpholine rings is 1. The molecular weight excluding hydrogens is 314 g/mol. The Kier molecular flexibility index (Phi) is 6.39. The van der Waals surface area contributed by atoms with Gasteiger partial charge in [0.25, 0.3) is 0 Å². The number of carbonyl (C=O) groups is 1. The highest BCUT2D eigenvalue weighted by molar-refractivity contribution is 5.70. The molecule has 1 aromatic rings. The number of rotatable bonds is 6. The van der Waals surface area contributed by atoms with Crippen molar-refractivity contribution in [2.24, 2.45) is 5.92 Å². The number of hydrogen-bond acceptors (Lipinski definition) is 7. The number of carbonyl (C=O) groups excluding carboxylic acids is 1. The van der Waals surface area contributed by atoms with E-state index in [1.54, 1.807) is 0 Å². The van der Waals surface area contributed by atoms with E-state index in [9.17, 15) is 14.7 Å². The molecule has 0 saturated carbocycles. The van der Waals surface area contributed by atoms with Crippen LogP contribution in [0.1, 0.15) is 37.7 Å². The first-order chi connectivity index (χ1) is 11.4. The van der Waals surface area contributed by atoms with E-state index in [1.165, 1.54) is 13.2 Å². The van der Waals surface area contributed by atoms with Gasteiger partial charge in [0.1, 0.15) is 5.76 Å². The van der Waals surface area contributed by atoms with Crippen LogP contribution in [0.3, 0.4) is 0 Å². The summed E-state index contributed by atoms with van der Waals surface area (Å²) in [6.07, 6.45) is 0.0473. The molecule has 0 aliphatic carbocycles. The second-order valence-corrected chi connectivity index (χ2v) is 6.31. The highest BCUT2D eigenvalue weighted by Gasteiger charge is 2.27. The first-order valence-corrected chi connectivity index (χ1v) is 8.15. The first-order valence-electron chi connectivity index (χ1n) is 8.15. The van der Waals surface area contributed by atoms with Crippen molar-refractivity contribution >= 4 is 5.97 Å². The molecular formula is C17H25NO6. The van der Waals surface area contributed by atoms with Crippen LogP contribution in [0.25, 0.3) is 0 Å². The summed E-state index contributed by atoms with van der Waals surface area (Å²) in [7, 11) is 1.31. The highest BCUT2D eigenvalue weighted by Crippen LogP contribution is 2.33.